The van der Waals surface area contributed by atoms with Gasteiger partial charge in [-0.05, 0) is 25.8 Å². The van der Waals surface area contributed by atoms with Crippen LogP contribution in [0.5, 0.6) is 0 Å². The van der Waals surface area contributed by atoms with E-state index in [4.69, 9.17) is 4.99 Å². The third-order valence-electron chi connectivity index (χ3n) is 3.01. The zero-order valence-electron chi connectivity index (χ0n) is 12.3. The van der Waals surface area contributed by atoms with Gasteiger partial charge in [0.25, 0.3) is 0 Å². The first-order valence-corrected chi connectivity index (χ1v) is 7.02. The number of hydrogen-bond donors (Lipinski definition) is 1. The highest BCUT2D eigenvalue weighted by molar-refractivity contribution is 6.11. The van der Waals surface area contributed by atoms with Crippen molar-refractivity contribution in [3.8, 4) is 0 Å². The van der Waals surface area contributed by atoms with Gasteiger partial charge >= 0.3 is 0 Å². The van der Waals surface area contributed by atoms with Gasteiger partial charge in [0.05, 0.1) is 0 Å². The molecule has 0 spiro atoms. The molecule has 0 saturated heterocycles. The van der Waals surface area contributed by atoms with Crippen LogP contribution < -0.4 is 5.32 Å². The molecule has 0 amide bonds. The molecule has 1 aromatic carbocycles. The SMILES string of the molecule is C/C=C\C(=C/CC)C1=NC(c2ccccc2)N=C(C)N1. The van der Waals surface area contributed by atoms with Gasteiger partial charge in [-0.25, -0.2) is 9.98 Å². The molecule has 0 bridgehead atoms. The molecule has 1 atom stereocenters. The van der Waals surface area contributed by atoms with Crippen LogP contribution in [0.25, 0.3) is 0 Å². The summed E-state index contributed by atoms with van der Waals surface area (Å²) in [6.45, 7) is 6.12. The van der Waals surface area contributed by atoms with Gasteiger partial charge in [0.2, 0.25) is 0 Å². The fourth-order valence-corrected chi connectivity index (χ4v) is 2.13. The minimum absolute atomic E-state index is 0.155. The Morgan fingerprint density at radius 3 is 2.65 bits per heavy atom. The van der Waals surface area contributed by atoms with E-state index in [0.717, 1.165) is 29.2 Å². The second-order valence-electron chi connectivity index (χ2n) is 4.67. The van der Waals surface area contributed by atoms with Crippen molar-refractivity contribution in [1.29, 1.82) is 0 Å². The van der Waals surface area contributed by atoms with E-state index in [2.05, 4.69) is 41.5 Å². The molecule has 1 heterocycles. The predicted octanol–water partition coefficient (Wildman–Crippen LogP) is 4.02. The Morgan fingerprint density at radius 1 is 1.25 bits per heavy atom. The van der Waals surface area contributed by atoms with Gasteiger partial charge in [-0.1, -0.05) is 55.5 Å². The summed E-state index contributed by atoms with van der Waals surface area (Å²) in [6, 6.07) is 10.2. The average molecular weight is 267 g/mol. The largest absolute Gasteiger partial charge is 0.329 e. The van der Waals surface area contributed by atoms with Gasteiger partial charge in [0.15, 0.2) is 6.17 Å². The third-order valence-corrected chi connectivity index (χ3v) is 3.01. The van der Waals surface area contributed by atoms with Crippen LogP contribution in [0.4, 0.5) is 0 Å². The van der Waals surface area contributed by atoms with Gasteiger partial charge in [-0.2, -0.15) is 0 Å². The van der Waals surface area contributed by atoms with Gasteiger partial charge in [0, 0.05) is 5.57 Å². The highest BCUT2D eigenvalue weighted by atomic mass is 15.2. The Bertz CT molecular complexity index is 565. The molecule has 0 aliphatic carbocycles. The Kier molecular flexibility index (Phi) is 4.88. The lowest BCUT2D eigenvalue weighted by atomic mass is 10.1. The Morgan fingerprint density at radius 2 is 2.00 bits per heavy atom. The summed E-state index contributed by atoms with van der Waals surface area (Å²) in [5.41, 5.74) is 2.23. The second kappa shape index (κ2) is 6.85. The number of benzene rings is 1. The minimum Gasteiger partial charge on any atom is -0.329 e. The van der Waals surface area contributed by atoms with Crippen LogP contribution in [0.3, 0.4) is 0 Å². The maximum absolute atomic E-state index is 4.74. The lowest BCUT2D eigenvalue weighted by Gasteiger charge is -2.20. The first-order valence-electron chi connectivity index (χ1n) is 7.02. The lowest BCUT2D eigenvalue weighted by molar-refractivity contribution is 0.753. The van der Waals surface area contributed by atoms with Crippen LogP contribution in [0.15, 0.2) is 64.1 Å². The molecule has 1 N–H and O–H groups in total. The van der Waals surface area contributed by atoms with E-state index in [1.165, 1.54) is 0 Å². The Labute approximate surface area is 120 Å². The van der Waals surface area contributed by atoms with E-state index in [0.29, 0.717) is 0 Å². The monoisotopic (exact) mass is 267 g/mol. The van der Waals surface area contributed by atoms with Crippen molar-refractivity contribution in [1.82, 2.24) is 5.32 Å². The molecule has 1 aromatic rings. The van der Waals surface area contributed by atoms with Crippen LogP contribution in [0.1, 0.15) is 38.9 Å². The van der Waals surface area contributed by atoms with Crippen LogP contribution in [-0.2, 0) is 0 Å². The number of rotatable bonds is 4. The maximum Gasteiger partial charge on any atom is 0.169 e. The highest BCUT2D eigenvalue weighted by Gasteiger charge is 2.17. The van der Waals surface area contributed by atoms with Gasteiger partial charge in [-0.3, -0.25) is 0 Å². The quantitative estimate of drug-likeness (QED) is 0.822. The summed E-state index contributed by atoms with van der Waals surface area (Å²) in [7, 11) is 0. The third kappa shape index (κ3) is 3.44. The molecule has 0 saturated carbocycles. The molecule has 104 valence electrons. The summed E-state index contributed by atoms with van der Waals surface area (Å²) in [5, 5.41) is 3.27. The van der Waals surface area contributed by atoms with Gasteiger partial charge in [0.1, 0.15) is 11.7 Å². The maximum atomic E-state index is 4.74. The van der Waals surface area contributed by atoms with Gasteiger partial charge in [-0.15, -0.1) is 0 Å². The van der Waals surface area contributed by atoms with Crippen molar-refractivity contribution in [2.24, 2.45) is 9.98 Å². The van der Waals surface area contributed by atoms with E-state index in [1.54, 1.807) is 0 Å². The standard InChI is InChI=1S/C17H21N3/c1-4-9-14(10-5-2)16-18-13(3)19-17(20-16)15-11-7-6-8-12-15/h4,6-12,17H,5H2,1-3H3,(H,18,19,20)/b9-4-,14-10+. The number of hydrogen-bond acceptors (Lipinski definition) is 3. The van der Waals surface area contributed by atoms with E-state index in [1.807, 2.05) is 38.1 Å². The van der Waals surface area contributed by atoms with Crippen molar-refractivity contribution in [3.63, 3.8) is 0 Å². The molecule has 3 nitrogen and oxygen atoms in total. The van der Waals surface area contributed by atoms with Crippen LogP contribution in [0.2, 0.25) is 0 Å². The number of nitrogens with one attached hydrogen (secondary N) is 1. The first kappa shape index (κ1) is 14.3. The zero-order valence-corrected chi connectivity index (χ0v) is 12.3. The molecular formula is C17H21N3. The topological polar surface area (TPSA) is 36.8 Å². The van der Waals surface area contributed by atoms with E-state index < -0.39 is 0 Å². The molecule has 2 rings (SSSR count). The molecule has 0 aromatic heterocycles. The summed E-state index contributed by atoms with van der Waals surface area (Å²) in [4.78, 5) is 9.31. The van der Waals surface area contributed by atoms with Crippen LogP contribution >= 0.6 is 0 Å². The normalized spacial score (nSPS) is 19.6. The molecule has 20 heavy (non-hydrogen) atoms. The average Bonchev–Trinajstić information content (AvgIpc) is 2.47. The van der Waals surface area contributed by atoms with Crippen molar-refractivity contribution in [3.05, 3.63) is 59.7 Å². The summed E-state index contributed by atoms with van der Waals surface area (Å²) in [6.07, 6.45) is 7.11. The fourth-order valence-electron chi connectivity index (χ4n) is 2.13. The molecule has 1 aliphatic heterocycles. The first-order chi connectivity index (χ1) is 9.74. The molecular weight excluding hydrogens is 246 g/mol. The molecule has 3 heteroatoms. The van der Waals surface area contributed by atoms with Crippen molar-refractivity contribution in [2.45, 2.75) is 33.4 Å². The fraction of sp³-hybridized carbons (Fsp3) is 0.294. The predicted molar refractivity (Wildman–Crippen MR) is 86.1 cm³/mol. The second-order valence-corrected chi connectivity index (χ2v) is 4.67. The number of aliphatic imine (C=N–C) groups is 2. The minimum atomic E-state index is -0.155. The summed E-state index contributed by atoms with van der Waals surface area (Å²) < 4.78 is 0. The summed E-state index contributed by atoms with van der Waals surface area (Å²) >= 11 is 0. The molecule has 0 radical (unpaired) electrons. The zero-order chi connectivity index (χ0) is 14.4. The number of amidine groups is 2. The van der Waals surface area contributed by atoms with Crippen molar-refractivity contribution < 1.29 is 0 Å². The number of nitrogens with zero attached hydrogens (tertiary/aromatic N) is 2. The van der Waals surface area contributed by atoms with Crippen LogP contribution in [-0.4, -0.2) is 11.7 Å². The summed E-state index contributed by atoms with van der Waals surface area (Å²) in [5.74, 6) is 1.79. The smallest absolute Gasteiger partial charge is 0.169 e. The Hall–Kier alpha value is -2.16. The Balaban J connectivity index is 2.35. The van der Waals surface area contributed by atoms with Gasteiger partial charge < -0.3 is 5.32 Å². The van der Waals surface area contributed by atoms with E-state index in [-0.39, 0.29) is 6.17 Å². The van der Waals surface area contributed by atoms with Crippen molar-refractivity contribution in [2.75, 3.05) is 0 Å². The molecule has 1 unspecified atom stereocenters. The van der Waals surface area contributed by atoms with E-state index in [9.17, 15) is 0 Å². The van der Waals surface area contributed by atoms with E-state index >= 15 is 0 Å². The van der Waals surface area contributed by atoms with Crippen molar-refractivity contribution >= 4 is 11.7 Å². The highest BCUT2D eigenvalue weighted by Crippen LogP contribution is 2.22. The van der Waals surface area contributed by atoms with Crippen LogP contribution in [0, 0.1) is 0 Å². The lowest BCUT2D eigenvalue weighted by Crippen LogP contribution is -2.33. The molecule has 0 fully saturated rings. The molecule has 1 aliphatic rings. The number of allylic oxidation sites excluding steroid dienone is 2.